The average Bonchev–Trinajstić information content (AvgIpc) is 2.74. The van der Waals surface area contributed by atoms with Crippen molar-refractivity contribution in [1.82, 2.24) is 4.57 Å². The molecule has 3 rings (SSSR count). The number of nitrogens with two attached hydrogens (primary N) is 1. The molecule has 1 aromatic heterocycles. The molecule has 6 nitrogen and oxygen atoms in total. The molecule has 2 aromatic carbocycles. The number of benzene rings is 2. The molecule has 0 saturated heterocycles. The van der Waals surface area contributed by atoms with Gasteiger partial charge < -0.3 is 10.5 Å². The van der Waals surface area contributed by atoms with Crippen LogP contribution in [0, 0.1) is 11.3 Å². The van der Waals surface area contributed by atoms with E-state index in [4.69, 9.17) is 22.1 Å². The van der Waals surface area contributed by atoms with Crippen LogP contribution in [0.25, 0.3) is 16.8 Å². The minimum absolute atomic E-state index is 0.0266. The lowest BCUT2D eigenvalue weighted by molar-refractivity contribution is 0.0528. The van der Waals surface area contributed by atoms with Crippen LogP contribution in [-0.2, 0) is 11.2 Å². The molecule has 1 heterocycles. The maximum atomic E-state index is 13.4. The molecule has 0 aliphatic heterocycles. The van der Waals surface area contributed by atoms with Gasteiger partial charge in [-0.25, -0.2) is 4.79 Å². The number of hydrogen-bond donors (Lipinski definition) is 1. The first-order valence-electron chi connectivity index (χ1n) is 9.44. The molecule has 0 amide bonds. The molecule has 0 unspecified atom stereocenters. The van der Waals surface area contributed by atoms with Crippen LogP contribution < -0.4 is 11.3 Å². The van der Waals surface area contributed by atoms with Gasteiger partial charge in [-0.3, -0.25) is 9.36 Å². The molecule has 0 spiro atoms. The summed E-state index contributed by atoms with van der Waals surface area (Å²) in [5, 5.41) is 10.3. The zero-order valence-electron chi connectivity index (χ0n) is 16.6. The molecule has 30 heavy (non-hydrogen) atoms. The Hall–Kier alpha value is -3.56. The minimum atomic E-state index is -0.709. The normalized spacial score (nSPS) is 10.5. The van der Waals surface area contributed by atoms with Crippen molar-refractivity contribution in [3.05, 3.63) is 80.6 Å². The molecule has 152 valence electrons. The molecule has 0 radical (unpaired) electrons. The Morgan fingerprint density at radius 1 is 1.17 bits per heavy atom. The average molecular weight is 422 g/mol. The largest absolute Gasteiger partial charge is 0.462 e. The summed E-state index contributed by atoms with van der Waals surface area (Å²) in [7, 11) is 0. The zero-order chi connectivity index (χ0) is 21.8. The van der Waals surface area contributed by atoms with Gasteiger partial charge in [-0.1, -0.05) is 48.9 Å². The van der Waals surface area contributed by atoms with Gasteiger partial charge in [-0.15, -0.1) is 0 Å². The van der Waals surface area contributed by atoms with Crippen molar-refractivity contribution in [2.75, 3.05) is 12.3 Å². The summed E-state index contributed by atoms with van der Waals surface area (Å²) < 4.78 is 6.42. The smallest absolute Gasteiger partial charge is 0.342 e. The third-order valence-corrected chi connectivity index (χ3v) is 5.00. The van der Waals surface area contributed by atoms with Crippen LogP contribution in [-0.4, -0.2) is 17.1 Å². The van der Waals surface area contributed by atoms with Crippen molar-refractivity contribution < 1.29 is 9.53 Å². The van der Waals surface area contributed by atoms with Gasteiger partial charge in [0, 0.05) is 10.6 Å². The Balaban J connectivity index is 2.48. The molecule has 0 aliphatic carbocycles. The lowest BCUT2D eigenvalue weighted by Crippen LogP contribution is -2.29. The van der Waals surface area contributed by atoms with E-state index in [0.29, 0.717) is 22.7 Å². The fourth-order valence-electron chi connectivity index (χ4n) is 3.38. The highest BCUT2D eigenvalue weighted by Gasteiger charge is 2.28. The summed E-state index contributed by atoms with van der Waals surface area (Å²) in [6, 6.07) is 15.7. The number of hydrogen-bond acceptors (Lipinski definition) is 5. The molecular formula is C23H20ClN3O3. The van der Waals surface area contributed by atoms with Gasteiger partial charge in [0.15, 0.2) is 0 Å². The lowest BCUT2D eigenvalue weighted by atomic mass is 9.95. The Morgan fingerprint density at radius 2 is 1.83 bits per heavy atom. The third-order valence-electron chi connectivity index (χ3n) is 4.75. The van der Waals surface area contributed by atoms with Crippen molar-refractivity contribution in [2.24, 2.45) is 0 Å². The van der Waals surface area contributed by atoms with Gasteiger partial charge in [0.1, 0.15) is 23.0 Å². The first-order chi connectivity index (χ1) is 14.4. The fraction of sp³-hybridized carbons (Fsp3) is 0.174. The Labute approximate surface area is 179 Å². The summed E-state index contributed by atoms with van der Waals surface area (Å²) in [5.41, 5.74) is 7.55. The number of nitriles is 1. The summed E-state index contributed by atoms with van der Waals surface area (Å²) in [6.07, 6.45) is 0.637. The van der Waals surface area contributed by atoms with E-state index in [2.05, 4.69) is 0 Å². The topological polar surface area (TPSA) is 98.1 Å². The van der Waals surface area contributed by atoms with Crippen LogP contribution in [0.15, 0.2) is 53.3 Å². The van der Waals surface area contributed by atoms with Crippen LogP contribution >= 0.6 is 11.6 Å². The summed E-state index contributed by atoms with van der Waals surface area (Å²) in [4.78, 5) is 26.3. The van der Waals surface area contributed by atoms with E-state index in [1.165, 1.54) is 4.57 Å². The van der Waals surface area contributed by atoms with E-state index >= 15 is 0 Å². The second-order valence-electron chi connectivity index (χ2n) is 6.47. The number of nitrogen functional groups attached to an aromatic ring is 1. The molecule has 2 N–H and O–H groups in total. The predicted molar refractivity (Wildman–Crippen MR) is 117 cm³/mol. The van der Waals surface area contributed by atoms with Gasteiger partial charge in [0.05, 0.1) is 12.3 Å². The molecular weight excluding hydrogens is 402 g/mol. The quantitative estimate of drug-likeness (QED) is 0.617. The Kier molecular flexibility index (Phi) is 6.24. The highest BCUT2D eigenvalue weighted by molar-refractivity contribution is 6.30. The van der Waals surface area contributed by atoms with E-state index in [9.17, 15) is 14.9 Å². The van der Waals surface area contributed by atoms with E-state index in [1.54, 1.807) is 43.3 Å². The van der Waals surface area contributed by atoms with Crippen molar-refractivity contribution in [2.45, 2.75) is 20.3 Å². The second kappa shape index (κ2) is 8.85. The minimum Gasteiger partial charge on any atom is -0.462 e. The van der Waals surface area contributed by atoms with Gasteiger partial charge in [0.25, 0.3) is 5.56 Å². The van der Waals surface area contributed by atoms with Crippen LogP contribution in [0.3, 0.4) is 0 Å². The van der Waals surface area contributed by atoms with E-state index in [0.717, 1.165) is 5.56 Å². The number of carbonyl (C=O) groups is 1. The Morgan fingerprint density at radius 3 is 2.43 bits per heavy atom. The summed E-state index contributed by atoms with van der Waals surface area (Å²) >= 11 is 5.98. The van der Waals surface area contributed by atoms with E-state index < -0.39 is 11.5 Å². The van der Waals surface area contributed by atoms with Gasteiger partial charge in [-0.2, -0.15) is 5.26 Å². The lowest BCUT2D eigenvalue weighted by Gasteiger charge is -2.20. The van der Waals surface area contributed by atoms with Crippen LogP contribution in [0.1, 0.15) is 35.3 Å². The van der Waals surface area contributed by atoms with Crippen molar-refractivity contribution in [3.63, 3.8) is 0 Å². The molecule has 0 saturated carbocycles. The number of ether oxygens (including phenoxy) is 1. The number of esters is 1. The molecule has 0 aliphatic rings. The first kappa shape index (κ1) is 21.2. The number of para-hydroxylation sites is 1. The maximum absolute atomic E-state index is 13.4. The number of pyridine rings is 1. The highest BCUT2D eigenvalue weighted by Crippen LogP contribution is 2.33. The monoisotopic (exact) mass is 421 g/mol. The van der Waals surface area contributed by atoms with Crippen LogP contribution in [0.2, 0.25) is 5.02 Å². The number of carbonyl (C=O) groups excluding carboxylic acids is 1. The first-order valence-corrected chi connectivity index (χ1v) is 9.82. The highest BCUT2D eigenvalue weighted by atomic mass is 35.5. The number of halogens is 1. The van der Waals surface area contributed by atoms with Crippen LogP contribution in [0.5, 0.6) is 0 Å². The van der Waals surface area contributed by atoms with Crippen molar-refractivity contribution in [1.29, 1.82) is 5.26 Å². The molecule has 0 bridgehead atoms. The van der Waals surface area contributed by atoms with Gasteiger partial charge in [0.2, 0.25) is 0 Å². The maximum Gasteiger partial charge on any atom is 0.342 e. The van der Waals surface area contributed by atoms with Gasteiger partial charge >= 0.3 is 5.97 Å². The molecule has 0 fully saturated rings. The van der Waals surface area contributed by atoms with Crippen molar-refractivity contribution >= 4 is 23.4 Å². The SMILES string of the molecule is CCOC(=O)c1c(-c2ccc(Cl)cc2)c(C#N)c(=O)n(-c2ccccc2CC)c1N. The summed E-state index contributed by atoms with van der Waals surface area (Å²) in [6.45, 7) is 3.73. The van der Waals surface area contributed by atoms with E-state index in [-0.39, 0.29) is 29.1 Å². The molecule has 0 atom stereocenters. The Bertz CT molecular complexity index is 1210. The fourth-order valence-corrected chi connectivity index (χ4v) is 3.50. The van der Waals surface area contributed by atoms with Crippen molar-refractivity contribution in [3.8, 4) is 22.9 Å². The number of anilines is 1. The van der Waals surface area contributed by atoms with Gasteiger partial charge in [-0.05, 0) is 42.7 Å². The predicted octanol–water partition coefficient (Wildman–Crippen LogP) is 4.35. The number of rotatable bonds is 5. The van der Waals surface area contributed by atoms with E-state index in [1.807, 2.05) is 25.1 Å². The zero-order valence-corrected chi connectivity index (χ0v) is 17.4. The second-order valence-corrected chi connectivity index (χ2v) is 6.91. The standard InChI is InChI=1S/C23H20ClN3O3/c1-3-14-7-5-6-8-18(14)27-21(26)20(23(29)30-4-2)19(17(13-25)22(27)28)15-9-11-16(24)12-10-15/h5-12H,3-4,26H2,1-2H3. The number of aromatic nitrogens is 1. The third kappa shape index (κ3) is 3.68. The number of aryl methyl sites for hydroxylation is 1. The molecule has 3 aromatic rings. The number of nitrogens with zero attached hydrogens (tertiary/aromatic N) is 2. The summed E-state index contributed by atoms with van der Waals surface area (Å²) in [5.74, 6) is -0.789. The van der Waals surface area contributed by atoms with Crippen LogP contribution in [0.4, 0.5) is 5.82 Å². The molecule has 7 heteroatoms.